The van der Waals surface area contributed by atoms with Crippen molar-refractivity contribution in [1.29, 1.82) is 0 Å². The molecule has 2 heterocycles. The molecule has 0 radical (unpaired) electrons. The van der Waals surface area contributed by atoms with Gasteiger partial charge in [0.15, 0.2) is 0 Å². The number of piperidine rings is 1. The summed E-state index contributed by atoms with van der Waals surface area (Å²) < 4.78 is 0. The lowest BCUT2D eigenvalue weighted by Crippen LogP contribution is -2.64. The zero-order valence-corrected chi connectivity index (χ0v) is 15.0. The fourth-order valence-corrected chi connectivity index (χ4v) is 7.05. The number of fused-ring (bicyclic) bond motifs is 3. The molecule has 3 saturated carbocycles. The maximum atomic E-state index is 13.2. The second kappa shape index (κ2) is 6.28. The minimum absolute atomic E-state index is 0.324. The smallest absolute Gasteiger partial charge is 0.241 e. The summed E-state index contributed by atoms with van der Waals surface area (Å²) in [6, 6.07) is 0.591. The number of hydrogen-bond donors (Lipinski definition) is 1. The molecule has 5 aliphatic rings. The predicted molar refractivity (Wildman–Crippen MR) is 93.8 cm³/mol. The van der Waals surface area contributed by atoms with Crippen molar-refractivity contribution in [3.05, 3.63) is 0 Å². The van der Waals surface area contributed by atoms with Crippen molar-refractivity contribution >= 4 is 5.91 Å². The molecule has 6 atom stereocenters. The zero-order valence-electron chi connectivity index (χ0n) is 15.0. The SMILES string of the molecule is O=C1C2CCCC3C4CCCCC4C(NN1CN1CCCCC1)C23. The molecule has 5 fully saturated rings. The average molecular weight is 332 g/mol. The van der Waals surface area contributed by atoms with Crippen LogP contribution in [-0.4, -0.2) is 41.6 Å². The maximum absolute atomic E-state index is 13.2. The molecule has 4 nitrogen and oxygen atoms in total. The van der Waals surface area contributed by atoms with E-state index in [2.05, 4.69) is 15.3 Å². The van der Waals surface area contributed by atoms with Gasteiger partial charge in [0.1, 0.15) is 0 Å². The van der Waals surface area contributed by atoms with E-state index in [1.807, 2.05) is 0 Å². The van der Waals surface area contributed by atoms with Crippen LogP contribution in [-0.2, 0) is 4.79 Å². The van der Waals surface area contributed by atoms with Crippen LogP contribution in [0.25, 0.3) is 0 Å². The van der Waals surface area contributed by atoms with Crippen molar-refractivity contribution in [3.8, 4) is 0 Å². The minimum Gasteiger partial charge on any atom is -0.285 e. The zero-order chi connectivity index (χ0) is 16.1. The lowest BCUT2D eigenvalue weighted by molar-refractivity contribution is -0.155. The topological polar surface area (TPSA) is 35.6 Å². The summed E-state index contributed by atoms with van der Waals surface area (Å²) in [7, 11) is 0. The minimum atomic E-state index is 0.324. The van der Waals surface area contributed by atoms with Gasteiger partial charge in [0.05, 0.1) is 6.67 Å². The van der Waals surface area contributed by atoms with Crippen LogP contribution in [0.4, 0.5) is 0 Å². The average Bonchev–Trinajstić information content (AvgIpc) is 2.95. The quantitative estimate of drug-likeness (QED) is 0.845. The Hall–Kier alpha value is -0.610. The highest BCUT2D eigenvalue weighted by atomic mass is 16.2. The van der Waals surface area contributed by atoms with Gasteiger partial charge in [-0.2, -0.15) is 0 Å². The Labute approximate surface area is 146 Å². The van der Waals surface area contributed by atoms with Crippen molar-refractivity contribution in [2.75, 3.05) is 19.8 Å². The molecule has 2 saturated heterocycles. The molecule has 0 aromatic heterocycles. The first-order valence-electron chi connectivity index (χ1n) is 10.6. The molecule has 0 aromatic rings. The Bertz CT molecular complexity index is 489. The summed E-state index contributed by atoms with van der Waals surface area (Å²) in [5.41, 5.74) is 3.78. The van der Waals surface area contributed by atoms with Gasteiger partial charge >= 0.3 is 0 Å². The largest absolute Gasteiger partial charge is 0.285 e. The highest BCUT2D eigenvalue weighted by Crippen LogP contribution is 2.57. The maximum Gasteiger partial charge on any atom is 0.241 e. The number of carbonyl (C=O) groups excluding carboxylic acids is 1. The summed E-state index contributed by atoms with van der Waals surface area (Å²) in [6.07, 6.45) is 13.4. The van der Waals surface area contributed by atoms with Crippen molar-refractivity contribution in [2.24, 2.45) is 29.6 Å². The molecule has 24 heavy (non-hydrogen) atoms. The number of amides is 1. The Morgan fingerprint density at radius 2 is 1.58 bits per heavy atom. The number of nitrogens with zero attached hydrogens (tertiary/aromatic N) is 2. The second-order valence-electron chi connectivity index (χ2n) is 9.13. The number of nitrogens with one attached hydrogen (secondary N) is 1. The Kier molecular flexibility index (Phi) is 4.09. The van der Waals surface area contributed by atoms with E-state index >= 15 is 0 Å². The molecule has 2 aliphatic heterocycles. The molecular weight excluding hydrogens is 298 g/mol. The van der Waals surface area contributed by atoms with Crippen LogP contribution in [0, 0.1) is 29.6 Å². The van der Waals surface area contributed by atoms with E-state index in [-0.39, 0.29) is 0 Å². The van der Waals surface area contributed by atoms with Crippen LogP contribution in [0.15, 0.2) is 0 Å². The molecule has 1 amide bonds. The van der Waals surface area contributed by atoms with Crippen molar-refractivity contribution in [2.45, 2.75) is 70.3 Å². The molecule has 1 N–H and O–H groups in total. The Balaban J connectivity index is 1.38. The van der Waals surface area contributed by atoms with Gasteiger partial charge in [0.25, 0.3) is 0 Å². The molecule has 4 heteroatoms. The summed E-state index contributed by atoms with van der Waals surface area (Å²) in [4.78, 5) is 15.7. The van der Waals surface area contributed by atoms with E-state index in [1.54, 1.807) is 0 Å². The van der Waals surface area contributed by atoms with Crippen LogP contribution < -0.4 is 5.43 Å². The first-order chi connectivity index (χ1) is 11.8. The van der Waals surface area contributed by atoms with Crippen LogP contribution in [0.5, 0.6) is 0 Å². The molecule has 6 unspecified atom stereocenters. The van der Waals surface area contributed by atoms with Gasteiger partial charge in [-0.1, -0.05) is 25.7 Å². The normalized spacial score (nSPS) is 45.8. The van der Waals surface area contributed by atoms with Gasteiger partial charge in [0, 0.05) is 12.0 Å². The standard InChI is InChI=1S/C20H33N3O/c24-20-17-10-6-9-15-14-7-2-3-8-16(14)19(18(15)17)21-23(20)13-22-11-4-1-5-12-22/h14-19,21H,1-13H2. The monoisotopic (exact) mass is 331 g/mol. The lowest BCUT2D eigenvalue weighted by atomic mass is 9.68. The second-order valence-corrected chi connectivity index (χ2v) is 9.13. The van der Waals surface area contributed by atoms with E-state index in [0.717, 1.165) is 30.8 Å². The molecule has 134 valence electrons. The van der Waals surface area contributed by atoms with Crippen molar-refractivity contribution < 1.29 is 4.79 Å². The van der Waals surface area contributed by atoms with E-state index in [9.17, 15) is 4.79 Å². The number of hydrogen-bond acceptors (Lipinski definition) is 3. The third kappa shape index (κ3) is 2.44. The molecule has 0 bridgehead atoms. The molecule has 5 rings (SSSR count). The molecule has 0 spiro atoms. The van der Waals surface area contributed by atoms with Crippen molar-refractivity contribution in [3.63, 3.8) is 0 Å². The lowest BCUT2D eigenvalue weighted by Gasteiger charge is -2.47. The van der Waals surface area contributed by atoms with Gasteiger partial charge < -0.3 is 0 Å². The predicted octanol–water partition coefficient (Wildman–Crippen LogP) is 3.00. The first-order valence-corrected chi connectivity index (χ1v) is 10.6. The van der Waals surface area contributed by atoms with E-state index in [1.165, 1.54) is 70.9 Å². The molecular formula is C20H33N3O. The van der Waals surface area contributed by atoms with E-state index in [0.29, 0.717) is 23.8 Å². The number of likely N-dealkylation sites (tertiary alicyclic amines) is 1. The summed E-state index contributed by atoms with van der Waals surface area (Å²) >= 11 is 0. The van der Waals surface area contributed by atoms with Gasteiger partial charge in [-0.05, 0) is 75.3 Å². The van der Waals surface area contributed by atoms with Crippen LogP contribution in [0.3, 0.4) is 0 Å². The third-order valence-corrected chi connectivity index (χ3v) is 7.99. The molecule has 0 aromatic carbocycles. The Morgan fingerprint density at radius 1 is 0.833 bits per heavy atom. The van der Waals surface area contributed by atoms with E-state index in [4.69, 9.17) is 0 Å². The fourth-order valence-electron chi connectivity index (χ4n) is 7.05. The van der Waals surface area contributed by atoms with Crippen molar-refractivity contribution in [1.82, 2.24) is 15.3 Å². The third-order valence-electron chi connectivity index (χ3n) is 7.99. The van der Waals surface area contributed by atoms with Gasteiger partial charge in [-0.3, -0.25) is 14.7 Å². The number of hydrazine groups is 1. The van der Waals surface area contributed by atoms with E-state index < -0.39 is 0 Å². The highest BCUT2D eigenvalue weighted by molar-refractivity contribution is 5.80. The van der Waals surface area contributed by atoms with Gasteiger partial charge in [-0.15, -0.1) is 0 Å². The molecule has 3 aliphatic carbocycles. The van der Waals surface area contributed by atoms with Crippen LogP contribution in [0.1, 0.15) is 64.2 Å². The highest BCUT2D eigenvalue weighted by Gasteiger charge is 2.58. The fraction of sp³-hybridized carbons (Fsp3) is 0.950. The first kappa shape index (κ1) is 15.6. The summed E-state index contributed by atoms with van der Waals surface area (Å²) in [5, 5.41) is 2.05. The van der Waals surface area contributed by atoms with Gasteiger partial charge in [0.2, 0.25) is 5.91 Å². The van der Waals surface area contributed by atoms with Gasteiger partial charge in [-0.25, -0.2) is 5.43 Å². The summed E-state index contributed by atoms with van der Waals surface area (Å²) in [6.45, 7) is 3.15. The number of rotatable bonds is 2. The number of carbonyl (C=O) groups is 1. The van der Waals surface area contributed by atoms with Crippen LogP contribution >= 0.6 is 0 Å². The van der Waals surface area contributed by atoms with Crippen LogP contribution in [0.2, 0.25) is 0 Å². The summed E-state index contributed by atoms with van der Waals surface area (Å²) in [5.74, 6) is 3.98. The Morgan fingerprint density at radius 3 is 2.42 bits per heavy atom.